The average molecular weight is 308 g/mol. The van der Waals surface area contributed by atoms with Crippen molar-refractivity contribution in [3.63, 3.8) is 0 Å². The first kappa shape index (κ1) is 15.7. The van der Waals surface area contributed by atoms with Crippen molar-refractivity contribution in [1.82, 2.24) is 10.2 Å². The lowest BCUT2D eigenvalue weighted by atomic mass is 9.96. The number of piperidine rings is 1. The third-order valence-electron chi connectivity index (χ3n) is 3.71. The minimum absolute atomic E-state index is 0.00507. The molecule has 2 heterocycles. The van der Waals surface area contributed by atoms with Gasteiger partial charge in [-0.2, -0.15) is 0 Å². The summed E-state index contributed by atoms with van der Waals surface area (Å²) in [6, 6.07) is 3.44. The molecule has 1 fully saturated rings. The van der Waals surface area contributed by atoms with E-state index < -0.39 is 0 Å². The van der Waals surface area contributed by atoms with Gasteiger partial charge in [-0.3, -0.25) is 14.4 Å². The number of nitrogens with one attached hydrogen (secondary N) is 1. The maximum absolute atomic E-state index is 12.4. The number of hydrogen-bond donors (Lipinski definition) is 1. The highest BCUT2D eigenvalue weighted by atomic mass is 32.1. The van der Waals surface area contributed by atoms with E-state index in [-0.39, 0.29) is 17.6 Å². The summed E-state index contributed by atoms with van der Waals surface area (Å²) in [5.74, 6) is 0.427. The van der Waals surface area contributed by atoms with Crippen LogP contribution in [0.1, 0.15) is 46.0 Å². The molecule has 1 N–H and O–H groups in total. The Bertz CT molecular complexity index is 545. The van der Waals surface area contributed by atoms with Crippen molar-refractivity contribution < 1.29 is 14.4 Å². The smallest absolute Gasteiger partial charge is 0.263 e. The van der Waals surface area contributed by atoms with E-state index in [1.54, 1.807) is 12.1 Å². The number of hydrogen-bond acceptors (Lipinski definition) is 4. The third-order valence-corrected chi connectivity index (χ3v) is 4.88. The largest absolute Gasteiger partial charge is 0.356 e. The maximum atomic E-state index is 12.4. The summed E-state index contributed by atoms with van der Waals surface area (Å²) in [6.07, 6.45) is 1.80. The van der Waals surface area contributed by atoms with Crippen LogP contribution in [0.4, 0.5) is 0 Å². The molecular weight excluding hydrogens is 288 g/mol. The van der Waals surface area contributed by atoms with Gasteiger partial charge in [-0.05, 0) is 37.8 Å². The number of thiophene rings is 1. The predicted octanol–water partition coefficient (Wildman–Crippen LogP) is 1.94. The molecule has 0 radical (unpaired) electrons. The number of ketones is 1. The summed E-state index contributed by atoms with van der Waals surface area (Å²) < 4.78 is 0. The number of rotatable bonds is 4. The number of carbonyl (C=O) groups excluding carboxylic acids is 3. The first-order valence-corrected chi connectivity index (χ1v) is 7.93. The van der Waals surface area contributed by atoms with E-state index in [0.29, 0.717) is 35.3 Å². The van der Waals surface area contributed by atoms with Gasteiger partial charge in [-0.15, -0.1) is 11.3 Å². The molecule has 1 saturated heterocycles. The molecule has 0 aromatic carbocycles. The van der Waals surface area contributed by atoms with Gasteiger partial charge in [0.2, 0.25) is 5.91 Å². The average Bonchev–Trinajstić information content (AvgIpc) is 2.95. The van der Waals surface area contributed by atoms with E-state index >= 15 is 0 Å². The van der Waals surface area contributed by atoms with Crippen LogP contribution in [0.2, 0.25) is 0 Å². The van der Waals surface area contributed by atoms with Crippen LogP contribution in [0, 0.1) is 5.92 Å². The molecule has 1 aliphatic heterocycles. The minimum atomic E-state index is -0.0103. The predicted molar refractivity (Wildman–Crippen MR) is 81.6 cm³/mol. The molecule has 0 atom stereocenters. The van der Waals surface area contributed by atoms with Crippen molar-refractivity contribution in [2.24, 2.45) is 5.92 Å². The van der Waals surface area contributed by atoms with E-state index in [9.17, 15) is 14.4 Å². The normalized spacial score (nSPS) is 15.8. The fourth-order valence-electron chi connectivity index (χ4n) is 2.43. The van der Waals surface area contributed by atoms with E-state index in [1.165, 1.54) is 25.2 Å². The highest BCUT2D eigenvalue weighted by Gasteiger charge is 2.24. The Labute approximate surface area is 128 Å². The topological polar surface area (TPSA) is 66.5 Å². The quantitative estimate of drug-likeness (QED) is 0.864. The monoisotopic (exact) mass is 308 g/mol. The zero-order valence-electron chi connectivity index (χ0n) is 12.3. The molecule has 2 amide bonds. The van der Waals surface area contributed by atoms with Gasteiger partial charge >= 0.3 is 0 Å². The van der Waals surface area contributed by atoms with Gasteiger partial charge in [-0.25, -0.2) is 0 Å². The Hall–Kier alpha value is -1.69. The molecule has 0 bridgehead atoms. The lowest BCUT2D eigenvalue weighted by Gasteiger charge is -2.31. The molecule has 1 aromatic heterocycles. The Balaban J connectivity index is 1.87. The van der Waals surface area contributed by atoms with Crippen LogP contribution in [0.5, 0.6) is 0 Å². The van der Waals surface area contributed by atoms with Crippen LogP contribution in [0.15, 0.2) is 12.1 Å². The Morgan fingerprint density at radius 1 is 1.19 bits per heavy atom. The first-order chi connectivity index (χ1) is 9.97. The van der Waals surface area contributed by atoms with Gasteiger partial charge in [0, 0.05) is 26.6 Å². The van der Waals surface area contributed by atoms with E-state index in [1.807, 2.05) is 4.90 Å². The highest BCUT2D eigenvalue weighted by Crippen LogP contribution is 2.22. The maximum Gasteiger partial charge on any atom is 0.263 e. The number of Topliss-reactive ketones (excluding diaryl/α,β-unsaturated/α-hetero) is 1. The zero-order chi connectivity index (χ0) is 15.4. The SMILES string of the molecule is CC(=O)NCC1CCN(C(=O)c2ccc(C(C)=O)s2)CC1. The number of amides is 2. The number of carbonyl (C=O) groups is 3. The number of likely N-dealkylation sites (tertiary alicyclic amines) is 1. The van der Waals surface area contributed by atoms with Crippen molar-refractivity contribution in [2.45, 2.75) is 26.7 Å². The van der Waals surface area contributed by atoms with Crippen LogP contribution < -0.4 is 5.32 Å². The molecular formula is C15H20N2O3S. The van der Waals surface area contributed by atoms with E-state index in [4.69, 9.17) is 0 Å². The van der Waals surface area contributed by atoms with Gasteiger partial charge in [0.05, 0.1) is 9.75 Å². The lowest BCUT2D eigenvalue weighted by Crippen LogP contribution is -2.41. The standard InChI is InChI=1S/C15H20N2O3S/c1-10(18)13-3-4-14(21-13)15(20)17-7-5-12(6-8-17)9-16-11(2)19/h3-4,12H,5-9H2,1-2H3,(H,16,19). The fourth-order valence-corrected chi connectivity index (χ4v) is 3.30. The minimum Gasteiger partial charge on any atom is -0.356 e. The third kappa shape index (κ3) is 4.14. The van der Waals surface area contributed by atoms with Crippen molar-refractivity contribution in [1.29, 1.82) is 0 Å². The second-order valence-corrected chi connectivity index (χ2v) is 6.48. The summed E-state index contributed by atoms with van der Waals surface area (Å²) in [7, 11) is 0. The molecule has 114 valence electrons. The van der Waals surface area contributed by atoms with Crippen molar-refractivity contribution in [3.8, 4) is 0 Å². The lowest BCUT2D eigenvalue weighted by molar-refractivity contribution is -0.119. The van der Waals surface area contributed by atoms with Gasteiger partial charge in [0.1, 0.15) is 0 Å². The Kier molecular flexibility index (Phi) is 5.12. The van der Waals surface area contributed by atoms with E-state index in [0.717, 1.165) is 12.8 Å². The highest BCUT2D eigenvalue weighted by molar-refractivity contribution is 7.15. The van der Waals surface area contributed by atoms with Gasteiger partial charge in [0.25, 0.3) is 5.91 Å². The Morgan fingerprint density at radius 2 is 1.81 bits per heavy atom. The van der Waals surface area contributed by atoms with Crippen LogP contribution in [0.25, 0.3) is 0 Å². The molecule has 0 spiro atoms. The molecule has 2 rings (SSSR count). The molecule has 21 heavy (non-hydrogen) atoms. The first-order valence-electron chi connectivity index (χ1n) is 7.12. The summed E-state index contributed by atoms with van der Waals surface area (Å²) in [5, 5.41) is 2.83. The molecule has 5 nitrogen and oxygen atoms in total. The summed E-state index contributed by atoms with van der Waals surface area (Å²) in [4.78, 5) is 37.6. The summed E-state index contributed by atoms with van der Waals surface area (Å²) in [6.45, 7) is 5.12. The number of nitrogens with zero attached hydrogens (tertiary/aromatic N) is 1. The molecule has 0 aliphatic carbocycles. The Morgan fingerprint density at radius 3 is 2.33 bits per heavy atom. The molecule has 1 aromatic rings. The van der Waals surface area contributed by atoms with Gasteiger partial charge < -0.3 is 10.2 Å². The summed E-state index contributed by atoms with van der Waals surface area (Å²) >= 11 is 1.26. The van der Waals surface area contributed by atoms with Crippen molar-refractivity contribution in [3.05, 3.63) is 21.9 Å². The van der Waals surface area contributed by atoms with Gasteiger partial charge in [-0.1, -0.05) is 0 Å². The summed E-state index contributed by atoms with van der Waals surface area (Å²) in [5.41, 5.74) is 0. The second kappa shape index (κ2) is 6.85. The van der Waals surface area contributed by atoms with Crippen molar-refractivity contribution in [2.75, 3.05) is 19.6 Å². The molecule has 0 unspecified atom stereocenters. The van der Waals surface area contributed by atoms with Crippen molar-refractivity contribution >= 4 is 28.9 Å². The molecule has 1 aliphatic rings. The van der Waals surface area contributed by atoms with Gasteiger partial charge in [0.15, 0.2) is 5.78 Å². The van der Waals surface area contributed by atoms with E-state index in [2.05, 4.69) is 5.32 Å². The zero-order valence-corrected chi connectivity index (χ0v) is 13.2. The second-order valence-electron chi connectivity index (χ2n) is 5.39. The molecule has 6 heteroatoms. The fraction of sp³-hybridized carbons (Fsp3) is 0.533. The van der Waals surface area contributed by atoms with Crippen LogP contribution in [0.3, 0.4) is 0 Å². The van der Waals surface area contributed by atoms with Crippen LogP contribution in [-0.4, -0.2) is 42.1 Å². The van der Waals surface area contributed by atoms with Crippen LogP contribution >= 0.6 is 11.3 Å². The van der Waals surface area contributed by atoms with Crippen LogP contribution in [-0.2, 0) is 4.79 Å². The molecule has 0 saturated carbocycles.